The van der Waals surface area contributed by atoms with E-state index in [9.17, 15) is 13.2 Å². The van der Waals surface area contributed by atoms with Gasteiger partial charge in [0.1, 0.15) is 5.82 Å². The number of nitrogens with one attached hydrogen (secondary N) is 1. The summed E-state index contributed by atoms with van der Waals surface area (Å²) in [6.45, 7) is 2.07. The molecule has 0 aliphatic carbocycles. The Hall–Kier alpha value is -1.73. The number of carbonyl (C=O) groups excluding carboxylic acids is 1. The van der Waals surface area contributed by atoms with E-state index in [1.165, 1.54) is 35.6 Å². The first-order chi connectivity index (χ1) is 9.90. The van der Waals surface area contributed by atoms with Gasteiger partial charge in [-0.15, -0.1) is 11.3 Å². The third-order valence-corrected chi connectivity index (χ3v) is 4.84. The van der Waals surface area contributed by atoms with Crippen molar-refractivity contribution in [2.45, 2.75) is 24.7 Å². The lowest BCUT2D eigenvalue weighted by Gasteiger charge is -2.03. The summed E-state index contributed by atoms with van der Waals surface area (Å²) in [6.07, 6.45) is 3.03. The van der Waals surface area contributed by atoms with Gasteiger partial charge in [0.25, 0.3) is 5.91 Å². The van der Waals surface area contributed by atoms with E-state index in [0.29, 0.717) is 11.4 Å². The quantitative estimate of drug-likeness (QED) is 0.917. The average Bonchev–Trinajstić information content (AvgIpc) is 2.86. The Bertz CT molecular complexity index is 734. The van der Waals surface area contributed by atoms with Crippen LogP contribution in [0.4, 0.5) is 5.82 Å². The lowest BCUT2D eigenvalue weighted by Crippen LogP contribution is -2.12. The van der Waals surface area contributed by atoms with E-state index in [-0.39, 0.29) is 10.8 Å². The van der Waals surface area contributed by atoms with Crippen LogP contribution in [0.15, 0.2) is 34.5 Å². The fraction of sp³-hybridized carbons (Fsp3) is 0.286. The van der Waals surface area contributed by atoms with Crippen LogP contribution in [0.1, 0.15) is 28.7 Å². The molecule has 0 aliphatic heterocycles. The molecule has 0 saturated carbocycles. The minimum Gasteiger partial charge on any atom is -0.306 e. The molecule has 2 rings (SSSR count). The summed E-state index contributed by atoms with van der Waals surface area (Å²) in [4.78, 5) is 16.6. The fourth-order valence-electron chi connectivity index (χ4n) is 1.74. The van der Waals surface area contributed by atoms with Crippen molar-refractivity contribution in [1.82, 2.24) is 4.98 Å². The molecule has 0 fully saturated rings. The highest BCUT2D eigenvalue weighted by molar-refractivity contribution is 7.90. The molecule has 0 spiro atoms. The number of benzene rings is 1. The van der Waals surface area contributed by atoms with Crippen LogP contribution < -0.4 is 5.32 Å². The first-order valence-electron chi connectivity index (χ1n) is 6.46. The largest absolute Gasteiger partial charge is 0.306 e. The number of carbonyl (C=O) groups is 1. The smallest absolute Gasteiger partial charge is 0.256 e. The Morgan fingerprint density at radius 3 is 2.52 bits per heavy atom. The first-order valence-corrected chi connectivity index (χ1v) is 9.23. The molecule has 0 atom stereocenters. The monoisotopic (exact) mass is 324 g/mol. The Balaban J connectivity index is 2.09. The second kappa shape index (κ2) is 6.36. The average molecular weight is 324 g/mol. The minimum absolute atomic E-state index is 0.193. The summed E-state index contributed by atoms with van der Waals surface area (Å²) >= 11 is 1.51. The molecule has 1 heterocycles. The van der Waals surface area contributed by atoms with E-state index in [1.807, 2.05) is 0 Å². The highest BCUT2D eigenvalue weighted by Crippen LogP contribution is 2.17. The van der Waals surface area contributed by atoms with E-state index in [2.05, 4.69) is 17.2 Å². The van der Waals surface area contributed by atoms with Gasteiger partial charge in [0.2, 0.25) is 0 Å². The maximum absolute atomic E-state index is 12.0. The van der Waals surface area contributed by atoms with Crippen LogP contribution in [0.25, 0.3) is 0 Å². The number of sulfone groups is 1. The number of aromatic nitrogens is 1. The van der Waals surface area contributed by atoms with Crippen molar-refractivity contribution in [3.05, 3.63) is 40.2 Å². The number of rotatable bonds is 5. The molecule has 1 amide bonds. The van der Waals surface area contributed by atoms with Gasteiger partial charge in [0, 0.05) is 17.2 Å². The number of hydrogen-bond acceptors (Lipinski definition) is 5. The standard InChI is InChI=1S/C14H16N2O3S2/c1-3-4-13-15-12(9-20-13)16-14(17)10-5-7-11(8-6-10)21(2,18)19/h5-9H,3-4H2,1-2H3,(H,16,17). The van der Waals surface area contributed by atoms with Crippen molar-refractivity contribution in [3.8, 4) is 0 Å². The molecule has 21 heavy (non-hydrogen) atoms. The van der Waals surface area contributed by atoms with Crippen molar-refractivity contribution < 1.29 is 13.2 Å². The van der Waals surface area contributed by atoms with Crippen molar-refractivity contribution in [3.63, 3.8) is 0 Å². The Morgan fingerprint density at radius 2 is 1.95 bits per heavy atom. The van der Waals surface area contributed by atoms with Crippen LogP contribution in [0, 0.1) is 0 Å². The molecule has 2 aromatic rings. The lowest BCUT2D eigenvalue weighted by molar-refractivity contribution is 0.102. The summed E-state index contributed by atoms with van der Waals surface area (Å²) < 4.78 is 22.7. The Morgan fingerprint density at radius 1 is 1.29 bits per heavy atom. The van der Waals surface area contributed by atoms with Gasteiger partial charge in [-0.2, -0.15) is 0 Å². The van der Waals surface area contributed by atoms with E-state index < -0.39 is 9.84 Å². The van der Waals surface area contributed by atoms with Gasteiger partial charge < -0.3 is 5.32 Å². The Kier molecular flexibility index (Phi) is 4.74. The molecule has 1 aromatic heterocycles. The maximum Gasteiger partial charge on any atom is 0.256 e. The number of thiazole rings is 1. The number of amides is 1. The summed E-state index contributed by atoms with van der Waals surface area (Å²) in [5, 5.41) is 5.49. The number of anilines is 1. The molecule has 1 N–H and O–H groups in total. The van der Waals surface area contributed by atoms with Gasteiger partial charge in [0.15, 0.2) is 9.84 Å². The second-order valence-corrected chi connectivity index (χ2v) is 7.59. The molecule has 0 unspecified atom stereocenters. The van der Waals surface area contributed by atoms with Gasteiger partial charge >= 0.3 is 0 Å². The maximum atomic E-state index is 12.0. The lowest BCUT2D eigenvalue weighted by atomic mass is 10.2. The normalized spacial score (nSPS) is 11.3. The molecule has 5 nitrogen and oxygen atoms in total. The van der Waals surface area contributed by atoms with Crippen LogP contribution in [-0.4, -0.2) is 25.6 Å². The Labute approximate surface area is 128 Å². The summed E-state index contributed by atoms with van der Waals surface area (Å²) in [6, 6.07) is 5.83. The number of aryl methyl sites for hydroxylation is 1. The number of nitrogens with zero attached hydrogens (tertiary/aromatic N) is 1. The SMILES string of the molecule is CCCc1nc(NC(=O)c2ccc(S(C)(=O)=O)cc2)cs1. The fourth-order valence-corrected chi connectivity index (χ4v) is 3.20. The molecule has 1 aromatic carbocycles. The molecule has 0 bridgehead atoms. The molecule has 7 heteroatoms. The summed E-state index contributed by atoms with van der Waals surface area (Å²) in [7, 11) is -3.25. The zero-order valence-electron chi connectivity index (χ0n) is 11.8. The third kappa shape index (κ3) is 4.12. The molecule has 112 valence electrons. The molecule has 0 aliphatic rings. The third-order valence-electron chi connectivity index (χ3n) is 2.80. The highest BCUT2D eigenvalue weighted by atomic mass is 32.2. The molecular weight excluding hydrogens is 308 g/mol. The zero-order chi connectivity index (χ0) is 15.5. The van der Waals surface area contributed by atoms with Crippen molar-refractivity contribution in [1.29, 1.82) is 0 Å². The van der Waals surface area contributed by atoms with E-state index >= 15 is 0 Å². The van der Waals surface area contributed by atoms with E-state index in [1.54, 1.807) is 5.38 Å². The second-order valence-electron chi connectivity index (χ2n) is 4.63. The van der Waals surface area contributed by atoms with Gasteiger partial charge in [-0.05, 0) is 37.1 Å². The van der Waals surface area contributed by atoms with E-state index in [0.717, 1.165) is 24.1 Å². The van der Waals surface area contributed by atoms with Crippen LogP contribution in [0.5, 0.6) is 0 Å². The van der Waals surface area contributed by atoms with Crippen molar-refractivity contribution >= 4 is 32.9 Å². The van der Waals surface area contributed by atoms with Crippen molar-refractivity contribution in [2.24, 2.45) is 0 Å². The summed E-state index contributed by atoms with van der Waals surface area (Å²) in [5.41, 5.74) is 0.396. The van der Waals surface area contributed by atoms with Crippen LogP contribution in [-0.2, 0) is 16.3 Å². The van der Waals surface area contributed by atoms with Crippen LogP contribution in [0.3, 0.4) is 0 Å². The minimum atomic E-state index is -3.25. The van der Waals surface area contributed by atoms with Gasteiger partial charge in [0.05, 0.1) is 9.90 Å². The molecular formula is C14H16N2O3S2. The summed E-state index contributed by atoms with van der Waals surface area (Å²) in [5.74, 6) is 0.226. The van der Waals surface area contributed by atoms with Gasteiger partial charge in [-0.3, -0.25) is 4.79 Å². The topological polar surface area (TPSA) is 76.1 Å². The van der Waals surface area contributed by atoms with Crippen LogP contribution >= 0.6 is 11.3 Å². The zero-order valence-corrected chi connectivity index (χ0v) is 13.4. The van der Waals surface area contributed by atoms with Gasteiger partial charge in [-0.25, -0.2) is 13.4 Å². The first kappa shape index (κ1) is 15.7. The van der Waals surface area contributed by atoms with E-state index in [4.69, 9.17) is 0 Å². The van der Waals surface area contributed by atoms with Gasteiger partial charge in [-0.1, -0.05) is 6.92 Å². The molecule has 0 radical (unpaired) electrons. The van der Waals surface area contributed by atoms with Crippen LogP contribution in [0.2, 0.25) is 0 Å². The number of hydrogen-bond donors (Lipinski definition) is 1. The predicted octanol–water partition coefficient (Wildman–Crippen LogP) is 2.75. The van der Waals surface area contributed by atoms with Crippen molar-refractivity contribution in [2.75, 3.05) is 11.6 Å². The molecule has 0 saturated heterocycles. The highest BCUT2D eigenvalue weighted by Gasteiger charge is 2.11. The predicted molar refractivity (Wildman–Crippen MR) is 83.6 cm³/mol.